The Morgan fingerprint density at radius 2 is 2.19 bits per heavy atom. The Morgan fingerprint density at radius 1 is 1.42 bits per heavy atom. The van der Waals surface area contributed by atoms with E-state index in [-0.39, 0.29) is 18.2 Å². The first-order valence-electron chi connectivity index (χ1n) is 8.20. The van der Waals surface area contributed by atoms with Gasteiger partial charge in [0, 0.05) is 17.8 Å². The first-order chi connectivity index (χ1) is 12.5. The summed E-state index contributed by atoms with van der Waals surface area (Å²) in [5.74, 6) is -0.518. The van der Waals surface area contributed by atoms with Crippen molar-refractivity contribution in [2.45, 2.75) is 25.8 Å². The zero-order valence-electron chi connectivity index (χ0n) is 14.5. The predicted octanol–water partition coefficient (Wildman–Crippen LogP) is 2.51. The molecule has 0 atom stereocenters. The van der Waals surface area contributed by atoms with Gasteiger partial charge in [-0.3, -0.25) is 9.59 Å². The van der Waals surface area contributed by atoms with Crippen LogP contribution in [0.3, 0.4) is 0 Å². The SMILES string of the molecule is C=C/C=C\C(=C)CCC(=O)Nc1sc2c(c1C#N)CCN(C(=O)CO)C2. The van der Waals surface area contributed by atoms with E-state index in [0.29, 0.717) is 36.5 Å². The van der Waals surface area contributed by atoms with Gasteiger partial charge in [0.25, 0.3) is 0 Å². The van der Waals surface area contributed by atoms with Crippen LogP contribution in [0.1, 0.15) is 28.8 Å². The molecule has 0 aromatic carbocycles. The van der Waals surface area contributed by atoms with Gasteiger partial charge in [-0.25, -0.2) is 0 Å². The zero-order chi connectivity index (χ0) is 19.1. The number of allylic oxidation sites excluding steroid dienone is 4. The van der Waals surface area contributed by atoms with Crippen LogP contribution in [0.2, 0.25) is 0 Å². The van der Waals surface area contributed by atoms with Crippen molar-refractivity contribution in [1.82, 2.24) is 4.90 Å². The van der Waals surface area contributed by atoms with Crippen molar-refractivity contribution in [1.29, 1.82) is 5.26 Å². The molecule has 2 heterocycles. The van der Waals surface area contributed by atoms with E-state index in [9.17, 15) is 14.9 Å². The predicted molar refractivity (Wildman–Crippen MR) is 102 cm³/mol. The highest BCUT2D eigenvalue weighted by atomic mass is 32.1. The summed E-state index contributed by atoms with van der Waals surface area (Å²) in [6.07, 6.45) is 6.54. The van der Waals surface area contributed by atoms with E-state index in [0.717, 1.165) is 16.0 Å². The number of anilines is 1. The van der Waals surface area contributed by atoms with Crippen molar-refractivity contribution in [3.05, 3.63) is 53.0 Å². The standard InChI is InChI=1S/C19H21N3O3S/c1-3-4-5-13(2)6-7-17(24)21-19-15(10-20)14-8-9-22(18(25)12-23)11-16(14)26-19/h3-5,23H,1-2,6-9,11-12H2,(H,21,24)/b5-4-. The Kier molecular flexibility index (Phi) is 6.89. The number of hydrogen-bond acceptors (Lipinski definition) is 5. The van der Waals surface area contributed by atoms with Gasteiger partial charge >= 0.3 is 0 Å². The minimum Gasteiger partial charge on any atom is -0.387 e. The van der Waals surface area contributed by atoms with E-state index in [1.807, 2.05) is 0 Å². The molecule has 2 amide bonds. The molecule has 0 radical (unpaired) electrons. The third kappa shape index (κ3) is 4.69. The van der Waals surface area contributed by atoms with E-state index >= 15 is 0 Å². The average molecular weight is 371 g/mol. The lowest BCUT2D eigenvalue weighted by Crippen LogP contribution is -2.37. The quantitative estimate of drug-likeness (QED) is 0.720. The van der Waals surface area contributed by atoms with Crippen LogP contribution >= 0.6 is 11.3 Å². The van der Waals surface area contributed by atoms with Crippen LogP contribution in [0.4, 0.5) is 5.00 Å². The fraction of sp³-hybridized carbons (Fsp3) is 0.316. The first-order valence-corrected chi connectivity index (χ1v) is 9.01. The van der Waals surface area contributed by atoms with Gasteiger partial charge in [0.05, 0.1) is 12.1 Å². The van der Waals surface area contributed by atoms with E-state index < -0.39 is 6.61 Å². The smallest absolute Gasteiger partial charge is 0.248 e. The summed E-state index contributed by atoms with van der Waals surface area (Å²) in [5, 5.41) is 21.8. The maximum absolute atomic E-state index is 12.2. The summed E-state index contributed by atoms with van der Waals surface area (Å²) in [6.45, 7) is 7.74. The summed E-state index contributed by atoms with van der Waals surface area (Å²) < 4.78 is 0. The molecular weight excluding hydrogens is 350 g/mol. The molecule has 0 fully saturated rings. The molecule has 0 saturated carbocycles. The normalized spacial score (nSPS) is 13.2. The summed E-state index contributed by atoms with van der Waals surface area (Å²) in [5.41, 5.74) is 2.18. The number of thiophene rings is 1. The number of amides is 2. The Balaban J connectivity index is 2.05. The number of fused-ring (bicyclic) bond motifs is 1. The summed E-state index contributed by atoms with van der Waals surface area (Å²) >= 11 is 1.32. The molecule has 1 aromatic heterocycles. The fourth-order valence-corrected chi connectivity index (χ4v) is 3.90. The minimum absolute atomic E-state index is 0.184. The second-order valence-corrected chi connectivity index (χ2v) is 6.95. The molecule has 26 heavy (non-hydrogen) atoms. The number of rotatable bonds is 7. The monoisotopic (exact) mass is 371 g/mol. The van der Waals surface area contributed by atoms with Crippen LogP contribution in [-0.4, -0.2) is 35.0 Å². The van der Waals surface area contributed by atoms with Crippen molar-refractivity contribution in [2.75, 3.05) is 18.5 Å². The lowest BCUT2D eigenvalue weighted by atomic mass is 10.0. The number of hydrogen-bond donors (Lipinski definition) is 2. The molecule has 1 aromatic rings. The van der Waals surface area contributed by atoms with Gasteiger partial charge in [0.2, 0.25) is 11.8 Å². The van der Waals surface area contributed by atoms with Gasteiger partial charge in [-0.2, -0.15) is 5.26 Å². The first kappa shape index (κ1) is 19.6. The molecule has 0 aliphatic carbocycles. The van der Waals surface area contributed by atoms with Gasteiger partial charge in [-0.15, -0.1) is 11.3 Å². The van der Waals surface area contributed by atoms with Crippen LogP contribution in [0.5, 0.6) is 0 Å². The molecule has 2 N–H and O–H groups in total. The molecule has 1 aliphatic rings. The van der Waals surface area contributed by atoms with Gasteiger partial charge < -0.3 is 15.3 Å². The highest BCUT2D eigenvalue weighted by Crippen LogP contribution is 2.36. The molecule has 0 unspecified atom stereocenters. The number of nitrogens with one attached hydrogen (secondary N) is 1. The van der Waals surface area contributed by atoms with Crippen LogP contribution in [0.15, 0.2) is 37.0 Å². The highest BCUT2D eigenvalue weighted by molar-refractivity contribution is 7.16. The van der Waals surface area contributed by atoms with Crippen LogP contribution in [0, 0.1) is 11.3 Å². The number of carbonyl (C=O) groups excluding carboxylic acids is 2. The number of aliphatic hydroxyl groups excluding tert-OH is 1. The largest absolute Gasteiger partial charge is 0.387 e. The molecule has 2 rings (SSSR count). The Hall–Kier alpha value is -2.69. The number of carbonyl (C=O) groups is 2. The van der Waals surface area contributed by atoms with Gasteiger partial charge in [0.15, 0.2) is 0 Å². The van der Waals surface area contributed by atoms with Gasteiger partial charge in [-0.05, 0) is 18.4 Å². The lowest BCUT2D eigenvalue weighted by molar-refractivity contribution is -0.135. The molecule has 0 saturated heterocycles. The van der Waals surface area contributed by atoms with Crippen molar-refractivity contribution >= 4 is 28.2 Å². The number of nitriles is 1. The lowest BCUT2D eigenvalue weighted by Gasteiger charge is -2.26. The maximum Gasteiger partial charge on any atom is 0.248 e. The Morgan fingerprint density at radius 3 is 2.85 bits per heavy atom. The molecule has 0 spiro atoms. The summed E-state index contributed by atoms with van der Waals surface area (Å²) in [6, 6.07) is 2.16. The average Bonchev–Trinajstić information content (AvgIpc) is 2.99. The van der Waals surface area contributed by atoms with E-state index in [1.54, 1.807) is 23.1 Å². The molecule has 7 heteroatoms. The minimum atomic E-state index is -0.528. The second-order valence-electron chi connectivity index (χ2n) is 5.84. The van der Waals surface area contributed by atoms with Crippen molar-refractivity contribution in [2.24, 2.45) is 0 Å². The van der Waals surface area contributed by atoms with Gasteiger partial charge in [0.1, 0.15) is 17.7 Å². The third-order valence-corrected chi connectivity index (χ3v) is 5.18. The van der Waals surface area contributed by atoms with Gasteiger partial charge in [-0.1, -0.05) is 37.0 Å². The topological polar surface area (TPSA) is 93.4 Å². The highest BCUT2D eigenvalue weighted by Gasteiger charge is 2.27. The number of nitrogens with zero attached hydrogens (tertiary/aromatic N) is 2. The number of aliphatic hydroxyl groups is 1. The van der Waals surface area contributed by atoms with Crippen molar-refractivity contribution in [3.63, 3.8) is 0 Å². The Bertz CT molecular complexity index is 802. The van der Waals surface area contributed by atoms with E-state index in [4.69, 9.17) is 5.11 Å². The van der Waals surface area contributed by atoms with Crippen LogP contribution in [0.25, 0.3) is 0 Å². The molecule has 1 aliphatic heterocycles. The van der Waals surface area contributed by atoms with E-state index in [1.165, 1.54) is 11.3 Å². The van der Waals surface area contributed by atoms with Crippen LogP contribution in [-0.2, 0) is 22.6 Å². The van der Waals surface area contributed by atoms with Crippen molar-refractivity contribution in [3.8, 4) is 6.07 Å². The molecular formula is C19H21N3O3S. The van der Waals surface area contributed by atoms with Crippen LogP contribution < -0.4 is 5.32 Å². The van der Waals surface area contributed by atoms with E-state index in [2.05, 4.69) is 24.5 Å². The maximum atomic E-state index is 12.2. The molecule has 0 bridgehead atoms. The molecule has 136 valence electrons. The zero-order valence-corrected chi connectivity index (χ0v) is 15.3. The second kappa shape index (κ2) is 9.13. The fourth-order valence-electron chi connectivity index (χ4n) is 2.67. The molecule has 6 nitrogen and oxygen atoms in total. The summed E-state index contributed by atoms with van der Waals surface area (Å²) in [4.78, 5) is 26.3. The summed E-state index contributed by atoms with van der Waals surface area (Å²) in [7, 11) is 0. The third-order valence-electron chi connectivity index (χ3n) is 4.05. The van der Waals surface area contributed by atoms with Crippen molar-refractivity contribution < 1.29 is 14.7 Å². The Labute approximate surface area is 156 Å².